The molecule has 2 atom stereocenters. The van der Waals surface area contributed by atoms with Gasteiger partial charge >= 0.3 is 0 Å². The van der Waals surface area contributed by atoms with Crippen LogP contribution in [0.15, 0.2) is 24.5 Å². The summed E-state index contributed by atoms with van der Waals surface area (Å²) in [7, 11) is 3.66. The van der Waals surface area contributed by atoms with Crippen molar-refractivity contribution in [3.05, 3.63) is 30.2 Å². The summed E-state index contributed by atoms with van der Waals surface area (Å²) in [5.41, 5.74) is 1.11. The molecular weight excluding hydrogens is 308 g/mol. The molecule has 8 nitrogen and oxygen atoms in total. The highest BCUT2D eigenvalue weighted by Crippen LogP contribution is 2.24. The van der Waals surface area contributed by atoms with E-state index >= 15 is 0 Å². The third kappa shape index (κ3) is 3.23. The van der Waals surface area contributed by atoms with Crippen LogP contribution < -0.4 is 10.6 Å². The molecule has 0 aliphatic carbocycles. The fourth-order valence-electron chi connectivity index (χ4n) is 3.22. The third-order valence-electron chi connectivity index (χ3n) is 4.72. The number of nitrogens with one attached hydrogen (secondary N) is 2. The van der Waals surface area contributed by atoms with Crippen molar-refractivity contribution in [2.45, 2.75) is 31.3 Å². The van der Waals surface area contributed by atoms with Crippen molar-refractivity contribution in [3.63, 3.8) is 0 Å². The van der Waals surface area contributed by atoms with E-state index in [1.807, 2.05) is 7.05 Å². The summed E-state index contributed by atoms with van der Waals surface area (Å²) >= 11 is 0. The fourth-order valence-corrected chi connectivity index (χ4v) is 3.22. The Morgan fingerprint density at radius 1 is 1.29 bits per heavy atom. The summed E-state index contributed by atoms with van der Waals surface area (Å²) in [5, 5.41) is 9.71. The van der Waals surface area contributed by atoms with Crippen molar-refractivity contribution in [1.82, 2.24) is 30.1 Å². The first-order chi connectivity index (χ1) is 11.6. The van der Waals surface area contributed by atoms with Crippen LogP contribution in [0.1, 0.15) is 29.8 Å². The van der Waals surface area contributed by atoms with E-state index in [9.17, 15) is 9.59 Å². The Morgan fingerprint density at radius 2 is 2.08 bits per heavy atom. The van der Waals surface area contributed by atoms with Gasteiger partial charge in [0.25, 0.3) is 5.91 Å². The zero-order chi connectivity index (χ0) is 17.1. The number of hydrogen-bond acceptors (Lipinski definition) is 5. The maximum Gasteiger partial charge on any atom is 0.270 e. The number of aromatic nitrogens is 3. The van der Waals surface area contributed by atoms with Crippen LogP contribution in [-0.4, -0.2) is 64.0 Å². The summed E-state index contributed by atoms with van der Waals surface area (Å²) < 4.78 is 1.53. The van der Waals surface area contributed by atoms with E-state index in [0.29, 0.717) is 24.3 Å². The Bertz CT molecular complexity index is 743. The van der Waals surface area contributed by atoms with Gasteiger partial charge < -0.3 is 10.6 Å². The van der Waals surface area contributed by atoms with Gasteiger partial charge in [0, 0.05) is 32.1 Å². The SMILES string of the molecule is CNC(=O)C[C@H]1CC[C@@H](CNC(=O)c2cccc3ncnn23)N1C. The molecule has 2 N–H and O–H groups in total. The van der Waals surface area contributed by atoms with Gasteiger partial charge in [-0.2, -0.15) is 5.10 Å². The summed E-state index contributed by atoms with van der Waals surface area (Å²) in [6.45, 7) is 0.546. The number of pyridine rings is 1. The molecule has 1 saturated heterocycles. The van der Waals surface area contributed by atoms with Gasteiger partial charge in [-0.3, -0.25) is 14.5 Å². The van der Waals surface area contributed by atoms with Crippen LogP contribution >= 0.6 is 0 Å². The van der Waals surface area contributed by atoms with Crippen molar-refractivity contribution in [1.29, 1.82) is 0 Å². The van der Waals surface area contributed by atoms with Gasteiger partial charge in [-0.15, -0.1) is 0 Å². The molecule has 2 aromatic rings. The lowest BCUT2D eigenvalue weighted by Crippen LogP contribution is -2.42. The van der Waals surface area contributed by atoms with Gasteiger partial charge in [0.05, 0.1) is 0 Å². The Balaban J connectivity index is 1.59. The average molecular weight is 330 g/mol. The predicted octanol–water partition coefficient (Wildman–Crippen LogP) is 0.0580. The molecule has 0 radical (unpaired) electrons. The van der Waals surface area contributed by atoms with Gasteiger partial charge in [0.1, 0.15) is 12.0 Å². The number of rotatable bonds is 5. The van der Waals surface area contributed by atoms with E-state index in [4.69, 9.17) is 0 Å². The smallest absolute Gasteiger partial charge is 0.270 e. The van der Waals surface area contributed by atoms with Crippen LogP contribution in [0.2, 0.25) is 0 Å². The highest BCUT2D eigenvalue weighted by molar-refractivity contribution is 5.93. The largest absolute Gasteiger partial charge is 0.359 e. The van der Waals surface area contributed by atoms with Gasteiger partial charge in [0.2, 0.25) is 5.91 Å². The quantitative estimate of drug-likeness (QED) is 0.809. The normalized spacial score (nSPS) is 21.1. The molecular formula is C16H22N6O2. The van der Waals surface area contributed by atoms with Gasteiger partial charge in [-0.05, 0) is 32.0 Å². The van der Waals surface area contributed by atoms with Gasteiger partial charge in [-0.25, -0.2) is 9.50 Å². The Labute approximate surface area is 140 Å². The first kappa shape index (κ1) is 16.4. The monoisotopic (exact) mass is 330 g/mol. The number of fused-ring (bicyclic) bond motifs is 1. The number of carbonyl (C=O) groups is 2. The minimum atomic E-state index is -0.172. The lowest BCUT2D eigenvalue weighted by Gasteiger charge is -2.25. The van der Waals surface area contributed by atoms with Gasteiger partial charge in [0.15, 0.2) is 5.65 Å². The maximum absolute atomic E-state index is 12.4. The number of likely N-dealkylation sites (N-methyl/N-ethyl adjacent to an activating group) is 1. The first-order valence-corrected chi connectivity index (χ1v) is 8.09. The highest BCUT2D eigenvalue weighted by Gasteiger charge is 2.31. The molecule has 128 valence electrons. The molecule has 8 heteroatoms. The molecule has 24 heavy (non-hydrogen) atoms. The third-order valence-corrected chi connectivity index (χ3v) is 4.72. The minimum absolute atomic E-state index is 0.0504. The lowest BCUT2D eigenvalue weighted by atomic mass is 10.1. The summed E-state index contributed by atoms with van der Waals surface area (Å²) in [6, 6.07) is 5.78. The number of likely N-dealkylation sites (tertiary alicyclic amines) is 1. The van der Waals surface area contributed by atoms with E-state index in [1.54, 1.807) is 25.2 Å². The zero-order valence-electron chi connectivity index (χ0n) is 13.9. The fraction of sp³-hybridized carbons (Fsp3) is 0.500. The predicted molar refractivity (Wildman–Crippen MR) is 88.6 cm³/mol. The van der Waals surface area contributed by atoms with Crippen molar-refractivity contribution in [2.24, 2.45) is 0 Å². The molecule has 3 rings (SSSR count). The molecule has 1 aliphatic rings. The average Bonchev–Trinajstić information content (AvgIpc) is 3.20. The number of carbonyl (C=O) groups excluding carboxylic acids is 2. The standard InChI is InChI=1S/C16H22N6O2/c1-17-15(23)8-11-6-7-12(21(11)2)9-18-16(24)13-4-3-5-14-19-10-20-22(13)14/h3-5,10-12H,6-9H2,1-2H3,(H,17,23)(H,18,24)/t11-,12+/m1/s1. The number of nitrogens with zero attached hydrogens (tertiary/aromatic N) is 4. The van der Waals surface area contributed by atoms with Crippen molar-refractivity contribution in [3.8, 4) is 0 Å². The van der Waals surface area contributed by atoms with E-state index in [2.05, 4.69) is 25.6 Å². The van der Waals surface area contributed by atoms with Crippen molar-refractivity contribution >= 4 is 17.5 Å². The molecule has 3 heterocycles. The van der Waals surface area contributed by atoms with Crippen LogP contribution in [0.4, 0.5) is 0 Å². The molecule has 0 aromatic carbocycles. The van der Waals surface area contributed by atoms with Gasteiger partial charge in [-0.1, -0.05) is 6.07 Å². The maximum atomic E-state index is 12.4. The van der Waals surface area contributed by atoms with E-state index < -0.39 is 0 Å². The molecule has 0 saturated carbocycles. The Hall–Kier alpha value is -2.48. The van der Waals surface area contributed by atoms with E-state index in [1.165, 1.54) is 10.8 Å². The van der Waals surface area contributed by atoms with Crippen molar-refractivity contribution in [2.75, 3.05) is 20.6 Å². The first-order valence-electron chi connectivity index (χ1n) is 8.09. The summed E-state index contributed by atoms with van der Waals surface area (Å²) in [6.07, 6.45) is 3.85. The molecule has 0 bridgehead atoms. The second-order valence-corrected chi connectivity index (χ2v) is 6.08. The summed E-state index contributed by atoms with van der Waals surface area (Å²) in [4.78, 5) is 30.3. The second kappa shape index (κ2) is 6.96. The molecule has 1 fully saturated rings. The van der Waals surface area contributed by atoms with E-state index in [-0.39, 0.29) is 23.9 Å². The molecule has 0 spiro atoms. The second-order valence-electron chi connectivity index (χ2n) is 6.08. The number of amides is 2. The molecule has 2 aromatic heterocycles. The summed E-state index contributed by atoms with van der Waals surface area (Å²) in [5.74, 6) is -0.122. The molecule has 1 aliphatic heterocycles. The molecule has 2 amide bonds. The van der Waals surface area contributed by atoms with Crippen LogP contribution in [0.25, 0.3) is 5.65 Å². The van der Waals surface area contributed by atoms with Crippen LogP contribution in [0.3, 0.4) is 0 Å². The van der Waals surface area contributed by atoms with Crippen LogP contribution in [-0.2, 0) is 4.79 Å². The van der Waals surface area contributed by atoms with Crippen LogP contribution in [0, 0.1) is 0 Å². The zero-order valence-corrected chi connectivity index (χ0v) is 13.9. The van der Waals surface area contributed by atoms with Crippen molar-refractivity contribution < 1.29 is 9.59 Å². The molecule has 0 unspecified atom stereocenters. The Morgan fingerprint density at radius 3 is 2.88 bits per heavy atom. The minimum Gasteiger partial charge on any atom is -0.359 e. The van der Waals surface area contributed by atoms with E-state index in [0.717, 1.165) is 12.8 Å². The lowest BCUT2D eigenvalue weighted by molar-refractivity contribution is -0.121. The number of hydrogen-bond donors (Lipinski definition) is 2. The topological polar surface area (TPSA) is 91.6 Å². The Kier molecular flexibility index (Phi) is 4.75. The van der Waals surface area contributed by atoms with Crippen LogP contribution in [0.5, 0.6) is 0 Å². The highest BCUT2D eigenvalue weighted by atomic mass is 16.2.